The maximum atomic E-state index is 5.30. The molecule has 0 aliphatic rings. The van der Waals surface area contributed by atoms with Gasteiger partial charge in [-0.05, 0) is 29.2 Å². The second kappa shape index (κ2) is 7.07. The number of hydrogen-bond donors (Lipinski definition) is 2. The lowest BCUT2D eigenvalue weighted by Gasteiger charge is -2.20. The Labute approximate surface area is 123 Å². The van der Waals surface area contributed by atoms with Crippen molar-refractivity contribution >= 4 is 28.7 Å². The third kappa shape index (κ3) is 3.91. The lowest BCUT2D eigenvalue weighted by atomic mass is 10.1. The maximum Gasteiger partial charge on any atom is 0.167 e. The van der Waals surface area contributed by atoms with Crippen molar-refractivity contribution in [2.75, 3.05) is 6.54 Å². The van der Waals surface area contributed by atoms with Gasteiger partial charge in [0, 0.05) is 11.4 Å². The average Bonchev–Trinajstić information content (AvgIpc) is 2.97. The van der Waals surface area contributed by atoms with E-state index in [0.29, 0.717) is 11.7 Å². The van der Waals surface area contributed by atoms with Crippen molar-refractivity contribution in [3.8, 4) is 0 Å². The van der Waals surface area contributed by atoms with Crippen LogP contribution < -0.4 is 10.6 Å². The SMILES string of the molecule is C=CCNC(=S)N[C@@H](c1ccccc1)c1cccs1. The van der Waals surface area contributed by atoms with Gasteiger partial charge in [-0.3, -0.25) is 0 Å². The van der Waals surface area contributed by atoms with Crippen LogP contribution in [0.2, 0.25) is 0 Å². The first-order valence-corrected chi connectivity index (χ1v) is 7.33. The highest BCUT2D eigenvalue weighted by Crippen LogP contribution is 2.25. The summed E-state index contributed by atoms with van der Waals surface area (Å²) in [6, 6.07) is 14.6. The molecule has 1 heterocycles. The van der Waals surface area contributed by atoms with Gasteiger partial charge >= 0.3 is 0 Å². The second-order valence-corrected chi connectivity index (χ2v) is 5.39. The van der Waals surface area contributed by atoms with Gasteiger partial charge in [-0.25, -0.2) is 0 Å². The molecular weight excluding hydrogens is 272 g/mol. The Morgan fingerprint density at radius 3 is 2.68 bits per heavy atom. The molecule has 0 amide bonds. The van der Waals surface area contributed by atoms with Crippen molar-refractivity contribution in [2.24, 2.45) is 0 Å². The number of benzene rings is 1. The molecule has 0 aliphatic carbocycles. The Balaban J connectivity index is 2.16. The van der Waals surface area contributed by atoms with Crippen molar-refractivity contribution in [3.63, 3.8) is 0 Å². The highest BCUT2D eigenvalue weighted by atomic mass is 32.1. The topological polar surface area (TPSA) is 24.1 Å². The molecule has 98 valence electrons. The summed E-state index contributed by atoms with van der Waals surface area (Å²) in [6.07, 6.45) is 1.79. The molecule has 0 radical (unpaired) electrons. The summed E-state index contributed by atoms with van der Waals surface area (Å²) < 4.78 is 0. The van der Waals surface area contributed by atoms with Gasteiger partial charge in [-0.15, -0.1) is 17.9 Å². The van der Waals surface area contributed by atoms with Gasteiger partial charge in [0.25, 0.3) is 0 Å². The molecule has 2 rings (SSSR count). The van der Waals surface area contributed by atoms with E-state index in [1.807, 2.05) is 18.2 Å². The minimum absolute atomic E-state index is 0.0889. The monoisotopic (exact) mass is 288 g/mol. The van der Waals surface area contributed by atoms with Gasteiger partial charge in [0.1, 0.15) is 0 Å². The van der Waals surface area contributed by atoms with Crippen molar-refractivity contribution in [1.29, 1.82) is 0 Å². The van der Waals surface area contributed by atoms with Gasteiger partial charge in [-0.2, -0.15) is 0 Å². The lowest BCUT2D eigenvalue weighted by molar-refractivity contribution is 0.760. The molecule has 2 N–H and O–H groups in total. The fraction of sp³-hybridized carbons (Fsp3) is 0.133. The van der Waals surface area contributed by atoms with E-state index in [0.717, 1.165) is 0 Å². The van der Waals surface area contributed by atoms with Crippen molar-refractivity contribution in [1.82, 2.24) is 10.6 Å². The number of rotatable bonds is 5. The highest BCUT2D eigenvalue weighted by Gasteiger charge is 2.15. The molecule has 2 nitrogen and oxygen atoms in total. The zero-order valence-corrected chi connectivity index (χ0v) is 12.1. The predicted octanol–water partition coefficient (Wildman–Crippen LogP) is 3.49. The molecular formula is C15H16N2S2. The Morgan fingerprint density at radius 2 is 2.05 bits per heavy atom. The molecule has 0 bridgehead atoms. The van der Waals surface area contributed by atoms with E-state index in [4.69, 9.17) is 12.2 Å². The van der Waals surface area contributed by atoms with Crippen LogP contribution in [0.1, 0.15) is 16.5 Å². The summed E-state index contributed by atoms with van der Waals surface area (Å²) in [5.74, 6) is 0. The van der Waals surface area contributed by atoms with Crippen LogP contribution >= 0.6 is 23.6 Å². The van der Waals surface area contributed by atoms with E-state index in [1.54, 1.807) is 17.4 Å². The standard InChI is InChI=1S/C15H16N2S2/c1-2-10-16-15(18)17-14(13-9-6-11-19-13)12-7-4-3-5-8-12/h2-9,11,14H,1,10H2,(H2,16,17,18)/t14-/m0/s1. The van der Waals surface area contributed by atoms with E-state index in [2.05, 4.69) is 46.9 Å². The summed E-state index contributed by atoms with van der Waals surface area (Å²) >= 11 is 7.03. The number of thiocarbonyl (C=S) groups is 1. The summed E-state index contributed by atoms with van der Waals surface area (Å²) in [5.41, 5.74) is 1.20. The van der Waals surface area contributed by atoms with Crippen molar-refractivity contribution in [2.45, 2.75) is 6.04 Å². The van der Waals surface area contributed by atoms with E-state index >= 15 is 0 Å². The molecule has 19 heavy (non-hydrogen) atoms. The van der Waals surface area contributed by atoms with Gasteiger partial charge in [0.05, 0.1) is 6.04 Å². The zero-order chi connectivity index (χ0) is 13.5. The predicted molar refractivity (Wildman–Crippen MR) is 86.5 cm³/mol. The minimum atomic E-state index is 0.0889. The molecule has 0 spiro atoms. The second-order valence-electron chi connectivity index (χ2n) is 4.00. The van der Waals surface area contributed by atoms with Gasteiger partial charge < -0.3 is 10.6 Å². The van der Waals surface area contributed by atoms with E-state index in [-0.39, 0.29) is 6.04 Å². The largest absolute Gasteiger partial charge is 0.359 e. The highest BCUT2D eigenvalue weighted by molar-refractivity contribution is 7.80. The van der Waals surface area contributed by atoms with E-state index in [9.17, 15) is 0 Å². The Hall–Kier alpha value is -1.65. The van der Waals surface area contributed by atoms with Crippen LogP contribution in [0.3, 0.4) is 0 Å². The molecule has 1 atom stereocenters. The Bertz CT molecular complexity index is 520. The molecule has 0 unspecified atom stereocenters. The van der Waals surface area contributed by atoms with Crippen LogP contribution in [0.4, 0.5) is 0 Å². The molecule has 0 saturated heterocycles. The molecule has 0 saturated carbocycles. The van der Waals surface area contributed by atoms with Crippen LogP contribution in [0, 0.1) is 0 Å². The Kier molecular flexibility index (Phi) is 5.12. The fourth-order valence-electron chi connectivity index (χ4n) is 1.77. The minimum Gasteiger partial charge on any atom is -0.359 e. The Morgan fingerprint density at radius 1 is 1.26 bits per heavy atom. The van der Waals surface area contributed by atoms with Gasteiger partial charge in [0.15, 0.2) is 5.11 Å². The molecule has 0 aliphatic heterocycles. The van der Waals surface area contributed by atoms with Crippen LogP contribution in [-0.2, 0) is 0 Å². The van der Waals surface area contributed by atoms with Crippen LogP contribution in [0.5, 0.6) is 0 Å². The fourth-order valence-corrected chi connectivity index (χ4v) is 2.77. The summed E-state index contributed by atoms with van der Waals surface area (Å²) in [4.78, 5) is 1.24. The molecule has 2 aromatic rings. The van der Waals surface area contributed by atoms with Gasteiger partial charge in [0.2, 0.25) is 0 Å². The van der Waals surface area contributed by atoms with Crippen molar-refractivity contribution in [3.05, 3.63) is 70.9 Å². The lowest BCUT2D eigenvalue weighted by Crippen LogP contribution is -2.37. The third-order valence-electron chi connectivity index (χ3n) is 2.64. The quantitative estimate of drug-likeness (QED) is 0.650. The summed E-state index contributed by atoms with van der Waals surface area (Å²) in [5, 5.41) is 9.17. The first-order chi connectivity index (χ1) is 9.31. The normalized spacial score (nSPS) is 11.6. The maximum absolute atomic E-state index is 5.30. The number of thiophene rings is 1. The summed E-state index contributed by atoms with van der Waals surface area (Å²) in [7, 11) is 0. The number of nitrogens with one attached hydrogen (secondary N) is 2. The average molecular weight is 288 g/mol. The van der Waals surface area contributed by atoms with Crippen LogP contribution in [0.25, 0.3) is 0 Å². The molecule has 4 heteroatoms. The van der Waals surface area contributed by atoms with Crippen LogP contribution in [-0.4, -0.2) is 11.7 Å². The third-order valence-corrected chi connectivity index (χ3v) is 3.84. The number of hydrogen-bond acceptors (Lipinski definition) is 2. The summed E-state index contributed by atoms with van der Waals surface area (Å²) in [6.45, 7) is 4.34. The molecule has 1 aromatic carbocycles. The first-order valence-electron chi connectivity index (χ1n) is 6.05. The molecule has 0 fully saturated rings. The zero-order valence-electron chi connectivity index (χ0n) is 10.5. The van der Waals surface area contributed by atoms with Gasteiger partial charge in [-0.1, -0.05) is 42.5 Å². The smallest absolute Gasteiger partial charge is 0.167 e. The molecule has 1 aromatic heterocycles. The van der Waals surface area contributed by atoms with Crippen molar-refractivity contribution < 1.29 is 0 Å². The van der Waals surface area contributed by atoms with Crippen LogP contribution in [0.15, 0.2) is 60.5 Å². The first kappa shape index (κ1) is 13.8. The van der Waals surface area contributed by atoms with E-state index in [1.165, 1.54) is 10.4 Å². The van der Waals surface area contributed by atoms with E-state index < -0.39 is 0 Å².